The lowest BCUT2D eigenvalue weighted by atomic mass is 10.2. The number of aliphatic imine (C=N–C) groups is 1. The van der Waals surface area contributed by atoms with Gasteiger partial charge in [0.1, 0.15) is 5.65 Å². The molecule has 3 rings (SSSR count). The minimum Gasteiger partial charge on any atom is -0.356 e. The number of nitrogens with zero attached hydrogens (tertiary/aromatic N) is 4. The molecule has 144 valence electrons. The number of hydrogen-bond donors (Lipinski definition) is 1. The van der Waals surface area contributed by atoms with Gasteiger partial charge in [0.2, 0.25) is 0 Å². The van der Waals surface area contributed by atoms with Crippen LogP contribution in [0.2, 0.25) is 0 Å². The van der Waals surface area contributed by atoms with Crippen molar-refractivity contribution in [1.29, 1.82) is 0 Å². The first-order chi connectivity index (χ1) is 12.7. The van der Waals surface area contributed by atoms with Crippen LogP contribution >= 0.6 is 35.7 Å². The van der Waals surface area contributed by atoms with Crippen molar-refractivity contribution >= 4 is 47.3 Å². The summed E-state index contributed by atoms with van der Waals surface area (Å²) < 4.78 is 2.05. The van der Waals surface area contributed by atoms with Crippen LogP contribution in [0.5, 0.6) is 0 Å². The molecule has 2 aromatic heterocycles. The summed E-state index contributed by atoms with van der Waals surface area (Å²) in [5.74, 6) is 0.891. The summed E-state index contributed by atoms with van der Waals surface area (Å²) in [6, 6.07) is 14.7. The van der Waals surface area contributed by atoms with Crippen LogP contribution in [0.15, 0.2) is 64.7 Å². The average Bonchev–Trinajstić information content (AvgIpc) is 3.08. The Balaban J connectivity index is 0.00000261. The molecular weight excluding hydrogens is 469 g/mol. The molecule has 1 aromatic carbocycles. The van der Waals surface area contributed by atoms with Gasteiger partial charge in [-0.1, -0.05) is 18.2 Å². The SMILES string of the molecule is CN=C(NCCc1cn2ccccc2n1)N(C)Cc1ccc(SC)cc1.I. The molecule has 2 heterocycles. The van der Waals surface area contributed by atoms with Gasteiger partial charge in [-0.3, -0.25) is 4.99 Å². The lowest BCUT2D eigenvalue weighted by Crippen LogP contribution is -2.39. The van der Waals surface area contributed by atoms with E-state index in [9.17, 15) is 0 Å². The first kappa shape index (κ1) is 21.6. The molecule has 0 aliphatic heterocycles. The molecule has 0 amide bonds. The smallest absolute Gasteiger partial charge is 0.193 e. The molecule has 0 aliphatic rings. The van der Waals surface area contributed by atoms with Gasteiger partial charge in [-0.05, 0) is 36.1 Å². The monoisotopic (exact) mass is 495 g/mol. The zero-order valence-electron chi connectivity index (χ0n) is 15.9. The number of guanidine groups is 1. The van der Waals surface area contributed by atoms with E-state index in [1.165, 1.54) is 10.5 Å². The minimum absolute atomic E-state index is 0. The molecule has 0 fully saturated rings. The number of nitrogens with one attached hydrogen (secondary N) is 1. The van der Waals surface area contributed by atoms with E-state index in [1.807, 2.05) is 31.4 Å². The summed E-state index contributed by atoms with van der Waals surface area (Å²) >= 11 is 1.76. The van der Waals surface area contributed by atoms with Crippen LogP contribution in [0.25, 0.3) is 5.65 Å². The zero-order chi connectivity index (χ0) is 18.4. The highest BCUT2D eigenvalue weighted by molar-refractivity contribution is 14.0. The average molecular weight is 495 g/mol. The highest BCUT2D eigenvalue weighted by atomic mass is 127. The Labute approximate surface area is 182 Å². The zero-order valence-corrected chi connectivity index (χ0v) is 19.1. The van der Waals surface area contributed by atoms with E-state index in [4.69, 9.17) is 0 Å². The summed E-state index contributed by atoms with van der Waals surface area (Å²) in [7, 11) is 3.88. The van der Waals surface area contributed by atoms with Crippen molar-refractivity contribution in [3.63, 3.8) is 0 Å². The Bertz CT molecular complexity index is 842. The fraction of sp³-hybridized carbons (Fsp3) is 0.300. The summed E-state index contributed by atoms with van der Waals surface area (Å²) in [5, 5.41) is 3.43. The Morgan fingerprint density at radius 1 is 1.22 bits per heavy atom. The predicted molar refractivity (Wildman–Crippen MR) is 125 cm³/mol. The van der Waals surface area contributed by atoms with Crippen molar-refractivity contribution in [3.05, 3.63) is 66.1 Å². The highest BCUT2D eigenvalue weighted by Crippen LogP contribution is 2.15. The van der Waals surface area contributed by atoms with Gasteiger partial charge >= 0.3 is 0 Å². The number of halogens is 1. The lowest BCUT2D eigenvalue weighted by Gasteiger charge is -2.22. The highest BCUT2D eigenvalue weighted by Gasteiger charge is 2.07. The number of fused-ring (bicyclic) bond motifs is 1. The van der Waals surface area contributed by atoms with Gasteiger partial charge < -0.3 is 14.6 Å². The van der Waals surface area contributed by atoms with E-state index in [1.54, 1.807) is 11.8 Å². The number of imidazole rings is 1. The Kier molecular flexibility index (Phi) is 8.43. The van der Waals surface area contributed by atoms with Gasteiger partial charge in [0.25, 0.3) is 0 Å². The standard InChI is InChI=1S/C20H25N5S.HI/c1-21-20(24(2)14-16-7-9-18(26-3)10-8-16)22-12-11-17-15-25-13-5-4-6-19(25)23-17;/h4-10,13,15H,11-12,14H2,1-3H3,(H,21,22);1H. The number of rotatable bonds is 6. The van der Waals surface area contributed by atoms with E-state index in [0.29, 0.717) is 0 Å². The predicted octanol–water partition coefficient (Wildman–Crippen LogP) is 3.92. The molecule has 0 radical (unpaired) electrons. The summed E-state index contributed by atoms with van der Waals surface area (Å²) in [6.45, 7) is 1.62. The third kappa shape index (κ3) is 5.87. The van der Waals surface area contributed by atoms with E-state index >= 15 is 0 Å². The summed E-state index contributed by atoms with van der Waals surface area (Å²) in [4.78, 5) is 12.4. The summed E-state index contributed by atoms with van der Waals surface area (Å²) in [6.07, 6.45) is 7.05. The molecule has 0 unspecified atom stereocenters. The fourth-order valence-electron chi connectivity index (χ4n) is 2.87. The maximum atomic E-state index is 4.63. The third-order valence-corrected chi connectivity index (χ3v) is 4.97. The minimum atomic E-state index is 0. The number of aromatic nitrogens is 2. The molecule has 0 atom stereocenters. The molecular formula is C20H26IN5S. The molecule has 5 nitrogen and oxygen atoms in total. The molecule has 1 N–H and O–H groups in total. The number of hydrogen-bond acceptors (Lipinski definition) is 3. The lowest BCUT2D eigenvalue weighted by molar-refractivity contribution is 0.477. The van der Waals surface area contributed by atoms with Crippen molar-refractivity contribution in [2.45, 2.75) is 17.9 Å². The molecule has 7 heteroatoms. The van der Waals surface area contributed by atoms with Crippen LogP contribution in [0.1, 0.15) is 11.3 Å². The van der Waals surface area contributed by atoms with Crippen LogP contribution in [0.4, 0.5) is 0 Å². The Hall–Kier alpha value is -1.74. The first-order valence-corrected chi connectivity index (χ1v) is 9.89. The van der Waals surface area contributed by atoms with Gasteiger partial charge in [-0.15, -0.1) is 35.7 Å². The topological polar surface area (TPSA) is 44.9 Å². The third-order valence-electron chi connectivity index (χ3n) is 4.23. The molecule has 0 bridgehead atoms. The van der Waals surface area contributed by atoms with E-state index in [2.05, 4.69) is 68.4 Å². The molecule has 0 saturated heterocycles. The number of benzene rings is 1. The van der Waals surface area contributed by atoms with Gasteiger partial charge in [-0.25, -0.2) is 4.98 Å². The second-order valence-electron chi connectivity index (χ2n) is 6.13. The molecule has 3 aromatic rings. The van der Waals surface area contributed by atoms with Crippen LogP contribution in [0.3, 0.4) is 0 Å². The molecule has 27 heavy (non-hydrogen) atoms. The van der Waals surface area contributed by atoms with Crippen molar-refractivity contribution in [2.75, 3.05) is 26.9 Å². The fourth-order valence-corrected chi connectivity index (χ4v) is 3.28. The van der Waals surface area contributed by atoms with Crippen LogP contribution in [0, 0.1) is 0 Å². The second kappa shape index (κ2) is 10.6. The van der Waals surface area contributed by atoms with E-state index < -0.39 is 0 Å². The number of pyridine rings is 1. The molecule has 0 spiro atoms. The quantitative estimate of drug-likeness (QED) is 0.244. The maximum absolute atomic E-state index is 4.63. The summed E-state index contributed by atoms with van der Waals surface area (Å²) in [5.41, 5.74) is 3.33. The van der Waals surface area contributed by atoms with Crippen molar-refractivity contribution in [3.8, 4) is 0 Å². The van der Waals surface area contributed by atoms with Gasteiger partial charge in [0.05, 0.1) is 5.69 Å². The maximum Gasteiger partial charge on any atom is 0.193 e. The molecule has 0 aliphatic carbocycles. The van der Waals surface area contributed by atoms with Crippen LogP contribution < -0.4 is 5.32 Å². The van der Waals surface area contributed by atoms with Gasteiger partial charge in [0, 0.05) is 50.9 Å². The van der Waals surface area contributed by atoms with Crippen LogP contribution in [-0.2, 0) is 13.0 Å². The number of thioether (sulfide) groups is 1. The van der Waals surface area contributed by atoms with Crippen molar-refractivity contribution in [2.24, 2.45) is 4.99 Å². The second-order valence-corrected chi connectivity index (χ2v) is 7.01. The Morgan fingerprint density at radius 3 is 2.67 bits per heavy atom. The van der Waals surface area contributed by atoms with E-state index in [-0.39, 0.29) is 24.0 Å². The van der Waals surface area contributed by atoms with E-state index in [0.717, 1.165) is 36.8 Å². The largest absolute Gasteiger partial charge is 0.356 e. The van der Waals surface area contributed by atoms with Gasteiger partial charge in [0.15, 0.2) is 5.96 Å². The van der Waals surface area contributed by atoms with Crippen LogP contribution in [-0.4, -0.2) is 47.1 Å². The Morgan fingerprint density at radius 2 is 2.00 bits per heavy atom. The van der Waals surface area contributed by atoms with Crippen molar-refractivity contribution in [1.82, 2.24) is 19.6 Å². The first-order valence-electron chi connectivity index (χ1n) is 8.67. The normalized spacial score (nSPS) is 11.3. The van der Waals surface area contributed by atoms with Gasteiger partial charge in [-0.2, -0.15) is 0 Å². The van der Waals surface area contributed by atoms with Crippen molar-refractivity contribution < 1.29 is 0 Å². The molecule has 0 saturated carbocycles.